The summed E-state index contributed by atoms with van der Waals surface area (Å²) in [5, 5.41) is 0. The maximum Gasteiger partial charge on any atom is 0.125 e. The van der Waals surface area contributed by atoms with Gasteiger partial charge >= 0.3 is 0 Å². The average Bonchev–Trinajstić information content (AvgIpc) is 3.07. The minimum Gasteiger partial charge on any atom is -0.491 e. The van der Waals surface area contributed by atoms with E-state index in [0.717, 1.165) is 27.1 Å². The van der Waals surface area contributed by atoms with Gasteiger partial charge in [-0.15, -0.1) is 11.6 Å². The first-order chi connectivity index (χ1) is 10.3. The molecule has 0 radical (unpaired) electrons. The fourth-order valence-corrected chi connectivity index (χ4v) is 3.45. The molecule has 0 amide bonds. The number of alkyl halides is 1. The summed E-state index contributed by atoms with van der Waals surface area (Å²) < 4.78 is 9.04. The molecule has 2 aromatic carbocycles. The molecule has 0 bridgehead atoms. The summed E-state index contributed by atoms with van der Waals surface area (Å²) in [7, 11) is 0. The van der Waals surface area contributed by atoms with Crippen molar-refractivity contribution >= 4 is 38.6 Å². The Labute approximate surface area is 135 Å². The minimum absolute atomic E-state index is 0.120. The predicted octanol–water partition coefficient (Wildman–Crippen LogP) is 4.52. The predicted molar refractivity (Wildman–Crippen MR) is 87.1 cm³/mol. The third-order valence-electron chi connectivity index (χ3n) is 3.83. The Morgan fingerprint density at radius 3 is 3.00 bits per heavy atom. The highest BCUT2D eigenvalue weighted by Crippen LogP contribution is 2.37. The minimum atomic E-state index is 0.120. The maximum absolute atomic E-state index is 6.11. The first-order valence-electron chi connectivity index (χ1n) is 6.72. The first-order valence-corrected chi connectivity index (χ1v) is 8.05. The van der Waals surface area contributed by atoms with Crippen molar-refractivity contribution in [3.8, 4) is 5.75 Å². The van der Waals surface area contributed by atoms with E-state index in [0.29, 0.717) is 12.5 Å². The fourth-order valence-electron chi connectivity index (χ4n) is 2.92. The van der Waals surface area contributed by atoms with Crippen LogP contribution < -0.4 is 4.74 Å². The number of benzene rings is 2. The zero-order valence-electron chi connectivity index (χ0n) is 11.1. The number of nitrogens with zero attached hydrogens (tertiary/aromatic N) is 2. The normalized spacial score (nSPS) is 17.0. The number of rotatable bonds is 2. The smallest absolute Gasteiger partial charge is 0.125 e. The topological polar surface area (TPSA) is 27.1 Å². The Kier molecular flexibility index (Phi) is 3.16. The SMILES string of the molecule is ClCc1nc2ccc(Br)cc2n1C1COc2ccccc21. The summed E-state index contributed by atoms with van der Waals surface area (Å²) >= 11 is 9.65. The fraction of sp³-hybridized carbons (Fsp3) is 0.188. The number of para-hydroxylation sites is 1. The average molecular weight is 364 g/mol. The highest BCUT2D eigenvalue weighted by atomic mass is 79.9. The molecular weight excluding hydrogens is 352 g/mol. The van der Waals surface area contributed by atoms with Gasteiger partial charge in [0.2, 0.25) is 0 Å². The first kappa shape index (κ1) is 13.2. The molecule has 0 spiro atoms. The standard InChI is InChI=1S/C16H12BrClN2O/c17-10-5-6-12-13(7-10)20(16(8-18)19-12)14-9-21-15-4-2-1-3-11(14)15/h1-7,14H,8-9H2. The van der Waals surface area contributed by atoms with Crippen LogP contribution in [0, 0.1) is 0 Å². The molecule has 0 saturated carbocycles. The molecule has 1 aliphatic heterocycles. The van der Waals surface area contributed by atoms with Gasteiger partial charge in [0, 0.05) is 10.0 Å². The molecule has 1 aliphatic rings. The van der Waals surface area contributed by atoms with Crippen LogP contribution in [0.4, 0.5) is 0 Å². The van der Waals surface area contributed by atoms with Gasteiger partial charge in [-0.2, -0.15) is 0 Å². The summed E-state index contributed by atoms with van der Waals surface area (Å²) in [4.78, 5) is 4.64. The summed E-state index contributed by atoms with van der Waals surface area (Å²) in [6.07, 6.45) is 0. The van der Waals surface area contributed by atoms with E-state index in [2.05, 4.69) is 37.6 Å². The molecule has 21 heavy (non-hydrogen) atoms. The van der Waals surface area contributed by atoms with Gasteiger partial charge in [-0.25, -0.2) is 4.98 Å². The van der Waals surface area contributed by atoms with E-state index < -0.39 is 0 Å². The van der Waals surface area contributed by atoms with E-state index in [4.69, 9.17) is 16.3 Å². The van der Waals surface area contributed by atoms with Crippen LogP contribution in [0.25, 0.3) is 11.0 Å². The number of hydrogen-bond donors (Lipinski definition) is 0. The third-order valence-corrected chi connectivity index (χ3v) is 4.56. The summed E-state index contributed by atoms with van der Waals surface area (Å²) in [5.41, 5.74) is 3.21. The van der Waals surface area contributed by atoms with Crippen molar-refractivity contribution in [3.05, 3.63) is 58.3 Å². The van der Waals surface area contributed by atoms with Gasteiger partial charge in [-0.3, -0.25) is 0 Å². The molecule has 0 aliphatic carbocycles. The van der Waals surface area contributed by atoms with Crippen LogP contribution in [0.2, 0.25) is 0 Å². The van der Waals surface area contributed by atoms with Crippen LogP contribution in [0.1, 0.15) is 17.4 Å². The number of hydrogen-bond acceptors (Lipinski definition) is 2. The van der Waals surface area contributed by atoms with Crippen molar-refractivity contribution < 1.29 is 4.74 Å². The van der Waals surface area contributed by atoms with Gasteiger partial charge in [0.1, 0.15) is 18.2 Å². The Morgan fingerprint density at radius 1 is 1.29 bits per heavy atom. The van der Waals surface area contributed by atoms with Gasteiger partial charge < -0.3 is 9.30 Å². The van der Waals surface area contributed by atoms with Crippen molar-refractivity contribution in [3.63, 3.8) is 0 Å². The molecular formula is C16H12BrClN2O. The molecule has 0 saturated heterocycles. The second kappa shape index (κ2) is 5.04. The van der Waals surface area contributed by atoms with Crippen LogP contribution in [0.5, 0.6) is 5.75 Å². The van der Waals surface area contributed by atoms with Crippen molar-refractivity contribution in [2.45, 2.75) is 11.9 Å². The monoisotopic (exact) mass is 362 g/mol. The molecule has 0 N–H and O–H groups in total. The zero-order valence-corrected chi connectivity index (χ0v) is 13.4. The lowest BCUT2D eigenvalue weighted by Crippen LogP contribution is -2.14. The Balaban J connectivity index is 1.96. The van der Waals surface area contributed by atoms with Crippen LogP contribution in [-0.2, 0) is 5.88 Å². The molecule has 1 aromatic heterocycles. The van der Waals surface area contributed by atoms with Gasteiger partial charge in [-0.05, 0) is 24.3 Å². The second-order valence-electron chi connectivity index (χ2n) is 5.03. The van der Waals surface area contributed by atoms with Gasteiger partial charge in [0.15, 0.2) is 0 Å². The lowest BCUT2D eigenvalue weighted by Gasteiger charge is -2.15. The van der Waals surface area contributed by atoms with E-state index in [1.165, 1.54) is 5.56 Å². The molecule has 2 heterocycles. The second-order valence-corrected chi connectivity index (χ2v) is 6.21. The van der Waals surface area contributed by atoms with Crippen LogP contribution >= 0.6 is 27.5 Å². The molecule has 1 atom stereocenters. The van der Waals surface area contributed by atoms with Crippen molar-refractivity contribution in [2.24, 2.45) is 0 Å². The van der Waals surface area contributed by atoms with Crippen molar-refractivity contribution in [2.75, 3.05) is 6.61 Å². The third kappa shape index (κ3) is 2.05. The van der Waals surface area contributed by atoms with Crippen molar-refractivity contribution in [1.82, 2.24) is 9.55 Å². The van der Waals surface area contributed by atoms with E-state index in [1.54, 1.807) is 0 Å². The molecule has 0 fully saturated rings. The molecule has 3 aromatic rings. The van der Waals surface area contributed by atoms with Gasteiger partial charge in [0.25, 0.3) is 0 Å². The number of halogens is 2. The number of imidazole rings is 1. The molecule has 1 unspecified atom stereocenters. The lowest BCUT2D eigenvalue weighted by molar-refractivity contribution is 0.317. The number of fused-ring (bicyclic) bond motifs is 2. The quantitative estimate of drug-likeness (QED) is 0.626. The van der Waals surface area contributed by atoms with Crippen LogP contribution in [-0.4, -0.2) is 16.2 Å². The van der Waals surface area contributed by atoms with Gasteiger partial charge in [-0.1, -0.05) is 34.1 Å². The molecule has 106 valence electrons. The maximum atomic E-state index is 6.11. The highest BCUT2D eigenvalue weighted by Gasteiger charge is 2.28. The number of ether oxygens (including phenoxy) is 1. The molecule has 3 nitrogen and oxygen atoms in total. The summed E-state index contributed by atoms with van der Waals surface area (Å²) in [5.74, 6) is 2.19. The molecule has 5 heteroatoms. The van der Waals surface area contributed by atoms with E-state index >= 15 is 0 Å². The number of aromatic nitrogens is 2. The van der Waals surface area contributed by atoms with Crippen molar-refractivity contribution in [1.29, 1.82) is 0 Å². The van der Waals surface area contributed by atoms with Crippen LogP contribution in [0.15, 0.2) is 46.9 Å². The largest absolute Gasteiger partial charge is 0.491 e. The molecule has 4 rings (SSSR count). The summed E-state index contributed by atoms with van der Waals surface area (Å²) in [6, 6.07) is 14.3. The van der Waals surface area contributed by atoms with E-state index in [-0.39, 0.29) is 6.04 Å². The van der Waals surface area contributed by atoms with E-state index in [1.807, 2.05) is 30.3 Å². The lowest BCUT2D eigenvalue weighted by atomic mass is 10.1. The Hall–Kier alpha value is -1.52. The zero-order chi connectivity index (χ0) is 14.4. The van der Waals surface area contributed by atoms with E-state index in [9.17, 15) is 0 Å². The van der Waals surface area contributed by atoms with Crippen LogP contribution in [0.3, 0.4) is 0 Å². The highest BCUT2D eigenvalue weighted by molar-refractivity contribution is 9.10. The van der Waals surface area contributed by atoms with Gasteiger partial charge in [0.05, 0.1) is 23.0 Å². The Bertz CT molecular complexity index is 830. The Morgan fingerprint density at radius 2 is 2.14 bits per heavy atom. The summed E-state index contributed by atoms with van der Waals surface area (Å²) in [6.45, 7) is 0.612.